The van der Waals surface area contributed by atoms with E-state index in [9.17, 15) is 9.90 Å². The molecular formula is C19H22O3. The second-order valence-corrected chi connectivity index (χ2v) is 6.53. The van der Waals surface area contributed by atoms with E-state index in [1.165, 1.54) is 0 Å². The Balaban J connectivity index is 1.71. The summed E-state index contributed by atoms with van der Waals surface area (Å²) in [6.07, 6.45) is 3.37. The van der Waals surface area contributed by atoms with Crippen LogP contribution in [-0.2, 0) is 4.79 Å². The molecule has 0 aromatic heterocycles. The SMILES string of the molecule is CC1CCC(O)(CC(=O)Oc2cccc3ccccc23)CC1. The second-order valence-electron chi connectivity index (χ2n) is 6.53. The fourth-order valence-electron chi connectivity index (χ4n) is 3.19. The highest BCUT2D eigenvalue weighted by atomic mass is 16.5. The number of carbonyl (C=O) groups is 1. The Morgan fingerprint density at radius 3 is 2.64 bits per heavy atom. The molecule has 0 saturated heterocycles. The van der Waals surface area contributed by atoms with Gasteiger partial charge in [0.05, 0.1) is 12.0 Å². The number of fused-ring (bicyclic) bond motifs is 1. The van der Waals surface area contributed by atoms with Crippen molar-refractivity contribution >= 4 is 16.7 Å². The quantitative estimate of drug-likeness (QED) is 0.686. The number of carbonyl (C=O) groups excluding carboxylic acids is 1. The van der Waals surface area contributed by atoms with Gasteiger partial charge in [0.15, 0.2) is 0 Å². The van der Waals surface area contributed by atoms with Crippen LogP contribution in [0.1, 0.15) is 39.0 Å². The van der Waals surface area contributed by atoms with Gasteiger partial charge in [-0.15, -0.1) is 0 Å². The van der Waals surface area contributed by atoms with Crippen molar-refractivity contribution in [3.63, 3.8) is 0 Å². The van der Waals surface area contributed by atoms with Crippen molar-refractivity contribution in [1.82, 2.24) is 0 Å². The second kappa shape index (κ2) is 6.09. The predicted octanol–water partition coefficient (Wildman–Crippen LogP) is 4.08. The molecule has 22 heavy (non-hydrogen) atoms. The molecule has 0 atom stereocenters. The van der Waals surface area contributed by atoms with Gasteiger partial charge in [-0.05, 0) is 43.1 Å². The van der Waals surface area contributed by atoms with Crippen molar-refractivity contribution in [2.24, 2.45) is 5.92 Å². The molecule has 0 unspecified atom stereocenters. The largest absolute Gasteiger partial charge is 0.426 e. The molecule has 1 aliphatic rings. The van der Waals surface area contributed by atoms with E-state index >= 15 is 0 Å². The van der Waals surface area contributed by atoms with Gasteiger partial charge in [0.2, 0.25) is 0 Å². The van der Waals surface area contributed by atoms with E-state index in [2.05, 4.69) is 6.92 Å². The highest BCUT2D eigenvalue weighted by Gasteiger charge is 2.34. The van der Waals surface area contributed by atoms with Gasteiger partial charge < -0.3 is 9.84 Å². The Morgan fingerprint density at radius 2 is 1.86 bits per heavy atom. The Kier molecular flexibility index (Phi) is 4.16. The van der Waals surface area contributed by atoms with Gasteiger partial charge in [-0.25, -0.2) is 0 Å². The lowest BCUT2D eigenvalue weighted by molar-refractivity contribution is -0.141. The van der Waals surface area contributed by atoms with Crippen LogP contribution in [0, 0.1) is 5.92 Å². The molecule has 3 rings (SSSR count). The zero-order valence-corrected chi connectivity index (χ0v) is 12.9. The summed E-state index contributed by atoms with van der Waals surface area (Å²) < 4.78 is 5.52. The lowest BCUT2D eigenvalue weighted by Crippen LogP contribution is -2.37. The molecule has 0 spiro atoms. The highest BCUT2D eigenvalue weighted by Crippen LogP contribution is 2.35. The van der Waals surface area contributed by atoms with Gasteiger partial charge in [0.25, 0.3) is 0 Å². The first kappa shape index (κ1) is 15.0. The molecule has 0 bridgehead atoms. The molecule has 2 aromatic rings. The van der Waals surface area contributed by atoms with Crippen molar-refractivity contribution < 1.29 is 14.6 Å². The lowest BCUT2D eigenvalue weighted by Gasteiger charge is -2.34. The molecule has 1 aliphatic carbocycles. The van der Waals surface area contributed by atoms with E-state index in [1.54, 1.807) is 6.07 Å². The summed E-state index contributed by atoms with van der Waals surface area (Å²) in [6.45, 7) is 2.19. The maximum absolute atomic E-state index is 12.2. The number of aliphatic hydroxyl groups is 1. The third-order valence-electron chi connectivity index (χ3n) is 4.65. The summed E-state index contributed by atoms with van der Waals surface area (Å²) >= 11 is 0. The average Bonchev–Trinajstić information content (AvgIpc) is 2.51. The minimum absolute atomic E-state index is 0.0724. The third kappa shape index (κ3) is 3.30. The van der Waals surface area contributed by atoms with E-state index in [4.69, 9.17) is 4.74 Å². The zero-order valence-electron chi connectivity index (χ0n) is 12.9. The van der Waals surface area contributed by atoms with Crippen molar-refractivity contribution in [3.8, 4) is 5.75 Å². The molecule has 0 heterocycles. The molecule has 0 amide bonds. The Morgan fingerprint density at radius 1 is 1.18 bits per heavy atom. The number of esters is 1. The summed E-state index contributed by atoms with van der Waals surface area (Å²) in [4.78, 5) is 12.2. The van der Waals surface area contributed by atoms with Crippen LogP contribution in [0.2, 0.25) is 0 Å². The molecule has 116 valence electrons. The topological polar surface area (TPSA) is 46.5 Å². The number of hydrogen-bond acceptors (Lipinski definition) is 3. The van der Waals surface area contributed by atoms with Crippen LogP contribution in [0.15, 0.2) is 42.5 Å². The number of hydrogen-bond donors (Lipinski definition) is 1. The zero-order chi connectivity index (χ0) is 15.6. The minimum atomic E-state index is -0.895. The summed E-state index contributed by atoms with van der Waals surface area (Å²) in [7, 11) is 0. The van der Waals surface area contributed by atoms with Crippen molar-refractivity contribution in [2.75, 3.05) is 0 Å². The first-order chi connectivity index (χ1) is 10.6. The van der Waals surface area contributed by atoms with Crippen LogP contribution in [0.25, 0.3) is 10.8 Å². The summed E-state index contributed by atoms with van der Waals surface area (Å²) in [6, 6.07) is 13.5. The average molecular weight is 298 g/mol. The maximum Gasteiger partial charge on any atom is 0.314 e. The van der Waals surface area contributed by atoms with Gasteiger partial charge in [0, 0.05) is 5.39 Å². The predicted molar refractivity (Wildman–Crippen MR) is 86.8 cm³/mol. The van der Waals surface area contributed by atoms with Crippen LogP contribution in [0.3, 0.4) is 0 Å². The van der Waals surface area contributed by atoms with E-state index in [1.807, 2.05) is 36.4 Å². The number of ether oxygens (including phenoxy) is 1. The molecule has 1 fully saturated rings. The van der Waals surface area contributed by atoms with E-state index in [-0.39, 0.29) is 12.4 Å². The van der Waals surface area contributed by atoms with Crippen LogP contribution in [0.4, 0.5) is 0 Å². The first-order valence-electron chi connectivity index (χ1n) is 7.97. The van der Waals surface area contributed by atoms with Crippen LogP contribution in [0.5, 0.6) is 5.75 Å². The minimum Gasteiger partial charge on any atom is -0.426 e. The van der Waals surface area contributed by atoms with Gasteiger partial charge in [-0.1, -0.05) is 43.3 Å². The van der Waals surface area contributed by atoms with Crippen LogP contribution in [-0.4, -0.2) is 16.7 Å². The van der Waals surface area contributed by atoms with Gasteiger partial charge in [0.1, 0.15) is 5.75 Å². The molecule has 3 nitrogen and oxygen atoms in total. The molecule has 1 saturated carbocycles. The number of rotatable bonds is 3. The van der Waals surface area contributed by atoms with Crippen LogP contribution >= 0.6 is 0 Å². The van der Waals surface area contributed by atoms with Crippen molar-refractivity contribution in [3.05, 3.63) is 42.5 Å². The number of benzene rings is 2. The first-order valence-corrected chi connectivity index (χ1v) is 7.97. The summed E-state index contributed by atoms with van der Waals surface area (Å²) in [5.74, 6) is 0.846. The smallest absolute Gasteiger partial charge is 0.314 e. The fraction of sp³-hybridized carbons (Fsp3) is 0.421. The van der Waals surface area contributed by atoms with E-state index < -0.39 is 5.60 Å². The highest BCUT2D eigenvalue weighted by molar-refractivity contribution is 5.90. The molecule has 3 heteroatoms. The monoisotopic (exact) mass is 298 g/mol. The summed E-state index contributed by atoms with van der Waals surface area (Å²) in [5.41, 5.74) is -0.895. The van der Waals surface area contributed by atoms with Gasteiger partial charge >= 0.3 is 5.97 Å². The molecule has 0 aliphatic heterocycles. The fourth-order valence-corrected chi connectivity index (χ4v) is 3.19. The summed E-state index contributed by atoms with van der Waals surface area (Å²) in [5, 5.41) is 12.5. The lowest BCUT2D eigenvalue weighted by atomic mass is 9.78. The van der Waals surface area contributed by atoms with E-state index in [0.29, 0.717) is 24.5 Å². The normalized spacial score (nSPS) is 25.1. The maximum atomic E-state index is 12.2. The third-order valence-corrected chi connectivity index (χ3v) is 4.65. The Bertz CT molecular complexity index is 664. The molecular weight excluding hydrogens is 276 g/mol. The molecule has 1 N–H and O–H groups in total. The van der Waals surface area contributed by atoms with Gasteiger partial charge in [-0.2, -0.15) is 0 Å². The molecule has 0 radical (unpaired) electrons. The standard InChI is InChI=1S/C19H22O3/c1-14-9-11-19(21,12-10-14)13-18(20)22-17-8-4-6-15-5-2-3-7-16(15)17/h2-8,14,21H,9-13H2,1H3. The van der Waals surface area contributed by atoms with E-state index in [0.717, 1.165) is 23.6 Å². The van der Waals surface area contributed by atoms with Gasteiger partial charge in [-0.3, -0.25) is 4.79 Å². The molecule has 2 aromatic carbocycles. The van der Waals surface area contributed by atoms with Crippen molar-refractivity contribution in [2.45, 2.75) is 44.6 Å². The Labute approximate surface area is 130 Å². The Hall–Kier alpha value is -1.87. The van der Waals surface area contributed by atoms with Crippen molar-refractivity contribution in [1.29, 1.82) is 0 Å². The van der Waals surface area contributed by atoms with Crippen LogP contribution < -0.4 is 4.74 Å².